The molecule has 4 nitrogen and oxygen atoms in total. The molecule has 0 aliphatic heterocycles. The first-order valence-electron chi connectivity index (χ1n) is 10.9. The van der Waals surface area contributed by atoms with E-state index >= 15 is 0 Å². The second-order valence-corrected chi connectivity index (χ2v) is 7.39. The Labute approximate surface area is 201 Å². The van der Waals surface area contributed by atoms with Gasteiger partial charge in [0.05, 0.1) is 12.5 Å². The van der Waals surface area contributed by atoms with Crippen molar-refractivity contribution in [2.24, 2.45) is 0 Å². The molecule has 0 saturated carbocycles. The predicted molar refractivity (Wildman–Crippen MR) is 134 cm³/mol. The van der Waals surface area contributed by atoms with Gasteiger partial charge in [-0.05, 0) is 28.8 Å². The molecular formula is C30H28O4. The van der Waals surface area contributed by atoms with Crippen molar-refractivity contribution >= 4 is 5.97 Å². The van der Waals surface area contributed by atoms with Gasteiger partial charge in [0.1, 0.15) is 6.61 Å². The number of hydrogen-bond acceptors (Lipinski definition) is 4. The fourth-order valence-corrected chi connectivity index (χ4v) is 3.66. The first-order chi connectivity index (χ1) is 16.7. The van der Waals surface area contributed by atoms with E-state index in [0.29, 0.717) is 12.4 Å². The Balaban J connectivity index is 0.000000481. The Morgan fingerprint density at radius 1 is 0.706 bits per heavy atom. The zero-order valence-corrected chi connectivity index (χ0v) is 19.2. The van der Waals surface area contributed by atoms with Crippen molar-refractivity contribution < 1.29 is 19.3 Å². The van der Waals surface area contributed by atoms with Crippen molar-refractivity contribution in [3.8, 4) is 5.75 Å². The van der Waals surface area contributed by atoms with Gasteiger partial charge >= 0.3 is 5.97 Å². The lowest BCUT2D eigenvalue weighted by Crippen LogP contribution is -2.35. The molecular weight excluding hydrogens is 424 g/mol. The molecule has 0 bridgehead atoms. The van der Waals surface area contributed by atoms with Gasteiger partial charge in [-0.3, -0.25) is 0 Å². The van der Waals surface area contributed by atoms with Crippen LogP contribution < -0.4 is 4.89 Å². The van der Waals surface area contributed by atoms with Crippen LogP contribution in [0.5, 0.6) is 5.75 Å². The van der Waals surface area contributed by atoms with Crippen molar-refractivity contribution in [1.82, 2.24) is 0 Å². The summed E-state index contributed by atoms with van der Waals surface area (Å²) in [6, 6.07) is 40.9. The molecule has 0 radical (unpaired) electrons. The highest BCUT2D eigenvalue weighted by Gasteiger charge is 2.37. The number of carbonyl (C=O) groups is 1. The van der Waals surface area contributed by atoms with Crippen LogP contribution in [-0.2, 0) is 19.8 Å². The summed E-state index contributed by atoms with van der Waals surface area (Å²) in [5.74, 6) is 0.292. The van der Waals surface area contributed by atoms with Crippen molar-refractivity contribution in [3.05, 3.63) is 151 Å². The minimum Gasteiger partial charge on any atom is -0.466 e. The Hall–Kier alpha value is -4.15. The fraction of sp³-hybridized carbons (Fsp3) is 0.100. The molecule has 4 rings (SSSR count). The molecule has 0 saturated heterocycles. The highest BCUT2D eigenvalue weighted by atomic mass is 17.2. The van der Waals surface area contributed by atoms with Gasteiger partial charge in [0, 0.05) is 6.08 Å². The standard InChI is InChI=1S/C26H22O2.C4H6O2/c1-5-13-22(14-6-1)26(23-15-7-2-8-16-23,24-17-9-3-10-18-24)21-27-28-25-19-11-4-12-20-25;1-3-4(5)6-2/h1-20H,21H2;3H,1H2,2H3. The lowest BCUT2D eigenvalue weighted by atomic mass is 9.70. The van der Waals surface area contributed by atoms with Crippen LogP contribution in [0.15, 0.2) is 134 Å². The molecule has 0 heterocycles. The highest BCUT2D eigenvalue weighted by molar-refractivity contribution is 5.80. The molecule has 34 heavy (non-hydrogen) atoms. The molecule has 0 N–H and O–H groups in total. The van der Waals surface area contributed by atoms with Crippen molar-refractivity contribution in [3.63, 3.8) is 0 Å². The van der Waals surface area contributed by atoms with Crippen LogP contribution in [0.3, 0.4) is 0 Å². The maximum absolute atomic E-state index is 9.84. The number of esters is 1. The van der Waals surface area contributed by atoms with E-state index in [1.807, 2.05) is 48.5 Å². The third-order valence-electron chi connectivity index (χ3n) is 5.34. The zero-order chi connectivity index (χ0) is 24.1. The Kier molecular flexibility index (Phi) is 9.20. The summed E-state index contributed by atoms with van der Waals surface area (Å²) in [5, 5.41) is 0. The Morgan fingerprint density at radius 3 is 1.41 bits per heavy atom. The molecule has 0 unspecified atom stereocenters. The summed E-state index contributed by atoms with van der Waals surface area (Å²) in [6.45, 7) is 3.50. The molecule has 4 aromatic rings. The molecule has 0 aromatic heterocycles. The number of benzene rings is 4. The third-order valence-corrected chi connectivity index (χ3v) is 5.34. The summed E-state index contributed by atoms with van der Waals surface area (Å²) < 4.78 is 4.14. The van der Waals surface area contributed by atoms with Crippen LogP contribution in [0.25, 0.3) is 0 Å². The van der Waals surface area contributed by atoms with Crippen LogP contribution in [0.1, 0.15) is 16.7 Å². The van der Waals surface area contributed by atoms with Gasteiger partial charge < -0.3 is 9.62 Å². The van der Waals surface area contributed by atoms with Crippen LogP contribution in [0, 0.1) is 0 Å². The van der Waals surface area contributed by atoms with Crippen LogP contribution in [0.2, 0.25) is 0 Å². The monoisotopic (exact) mass is 452 g/mol. The van der Waals surface area contributed by atoms with Gasteiger partial charge in [0.25, 0.3) is 0 Å². The SMILES string of the molecule is C=CC(=O)OC.c1ccc(OOCC(c2ccccc2)(c2ccccc2)c2ccccc2)cc1. The molecule has 0 aliphatic carbocycles. The van der Waals surface area contributed by atoms with Crippen molar-refractivity contribution in [2.45, 2.75) is 5.41 Å². The number of hydrogen-bond donors (Lipinski definition) is 0. The van der Waals surface area contributed by atoms with Gasteiger partial charge in [-0.15, -0.1) is 0 Å². The van der Waals surface area contributed by atoms with E-state index in [2.05, 4.69) is 84.1 Å². The minimum absolute atomic E-state index is 0.347. The fourth-order valence-electron chi connectivity index (χ4n) is 3.66. The quantitative estimate of drug-likeness (QED) is 0.102. The normalized spacial score (nSPS) is 10.4. The van der Waals surface area contributed by atoms with E-state index in [4.69, 9.17) is 9.78 Å². The Morgan fingerprint density at radius 2 is 1.09 bits per heavy atom. The van der Waals surface area contributed by atoms with Gasteiger partial charge in [0.15, 0.2) is 5.75 Å². The van der Waals surface area contributed by atoms with E-state index in [9.17, 15) is 4.79 Å². The number of carbonyl (C=O) groups excluding carboxylic acids is 1. The number of ether oxygens (including phenoxy) is 1. The van der Waals surface area contributed by atoms with Gasteiger partial charge in [-0.25, -0.2) is 4.79 Å². The third kappa shape index (κ3) is 6.21. The maximum Gasteiger partial charge on any atom is 0.329 e. The van der Waals surface area contributed by atoms with E-state index < -0.39 is 11.4 Å². The molecule has 0 atom stereocenters. The summed E-state index contributed by atoms with van der Waals surface area (Å²) >= 11 is 0. The number of para-hydroxylation sites is 1. The smallest absolute Gasteiger partial charge is 0.329 e. The van der Waals surface area contributed by atoms with E-state index in [-0.39, 0.29) is 0 Å². The lowest BCUT2D eigenvalue weighted by molar-refractivity contribution is -0.214. The second kappa shape index (κ2) is 12.8. The van der Waals surface area contributed by atoms with E-state index in [1.54, 1.807) is 0 Å². The highest BCUT2D eigenvalue weighted by Crippen LogP contribution is 2.39. The Bertz CT molecular complexity index is 1030. The molecule has 172 valence electrons. The van der Waals surface area contributed by atoms with E-state index in [1.165, 1.54) is 7.11 Å². The van der Waals surface area contributed by atoms with Gasteiger partial charge in [-0.2, -0.15) is 4.89 Å². The van der Waals surface area contributed by atoms with Crippen molar-refractivity contribution in [2.75, 3.05) is 13.7 Å². The molecule has 0 fully saturated rings. The summed E-state index contributed by atoms with van der Waals surface area (Å²) in [4.78, 5) is 21.3. The lowest BCUT2D eigenvalue weighted by Gasteiger charge is -2.35. The average Bonchev–Trinajstić information content (AvgIpc) is 2.93. The van der Waals surface area contributed by atoms with E-state index in [0.717, 1.165) is 22.8 Å². The summed E-state index contributed by atoms with van der Waals surface area (Å²) in [5.41, 5.74) is 2.98. The first kappa shape index (κ1) is 24.5. The molecule has 0 amide bonds. The van der Waals surface area contributed by atoms with Crippen LogP contribution in [-0.4, -0.2) is 19.7 Å². The largest absolute Gasteiger partial charge is 0.466 e. The number of rotatable bonds is 8. The van der Waals surface area contributed by atoms with Crippen molar-refractivity contribution in [1.29, 1.82) is 0 Å². The second-order valence-electron chi connectivity index (χ2n) is 7.39. The zero-order valence-electron chi connectivity index (χ0n) is 19.2. The molecule has 4 aromatic carbocycles. The molecule has 4 heteroatoms. The molecule has 0 spiro atoms. The van der Waals surface area contributed by atoms with Gasteiger partial charge in [-0.1, -0.05) is 116 Å². The van der Waals surface area contributed by atoms with Gasteiger partial charge in [0.2, 0.25) is 0 Å². The maximum atomic E-state index is 9.84. The van der Waals surface area contributed by atoms with Crippen LogP contribution in [0.4, 0.5) is 0 Å². The average molecular weight is 453 g/mol. The number of methoxy groups -OCH3 is 1. The topological polar surface area (TPSA) is 44.8 Å². The predicted octanol–water partition coefficient (Wildman–Crippen LogP) is 6.38. The molecule has 0 aliphatic rings. The summed E-state index contributed by atoms with van der Waals surface area (Å²) in [6.07, 6.45) is 1.11. The van der Waals surface area contributed by atoms with Crippen LogP contribution >= 0.6 is 0 Å². The first-order valence-corrected chi connectivity index (χ1v) is 10.9. The minimum atomic E-state index is -0.488. The summed E-state index contributed by atoms with van der Waals surface area (Å²) in [7, 11) is 1.31.